The normalized spacial score (nSPS) is 10.0. The third-order valence-corrected chi connectivity index (χ3v) is 2.63. The predicted octanol–water partition coefficient (Wildman–Crippen LogP) is 1.05. The van der Waals surface area contributed by atoms with Crippen LogP contribution in [0.2, 0.25) is 0 Å². The van der Waals surface area contributed by atoms with Crippen LogP contribution in [0.15, 0.2) is 28.7 Å². The minimum absolute atomic E-state index is 0.0925. The summed E-state index contributed by atoms with van der Waals surface area (Å²) >= 11 is 0. The van der Waals surface area contributed by atoms with Crippen LogP contribution in [0.3, 0.4) is 0 Å². The monoisotopic (exact) mass is 286 g/mol. The van der Waals surface area contributed by atoms with E-state index in [0.717, 1.165) is 5.52 Å². The molecule has 2 rings (SSSR count). The minimum atomic E-state index is -0.492. The summed E-state index contributed by atoms with van der Waals surface area (Å²) in [5.41, 5.74) is 1.42. The number of para-hydroxylation sites is 2. The summed E-state index contributed by atoms with van der Waals surface area (Å²) in [7, 11) is 0. The zero-order valence-electron chi connectivity index (χ0n) is 11.3. The second kappa shape index (κ2) is 7.10. The standard InChI is InChI=1S/C15H14N2O4/c1-2-9-16-13(18)10-20-15(19)8-7-14-17-11-5-3-4-6-12(11)21-14/h1,3-6H,7-10H2,(H,16,18). The summed E-state index contributed by atoms with van der Waals surface area (Å²) in [6, 6.07) is 7.34. The van der Waals surface area contributed by atoms with Gasteiger partial charge in [0.1, 0.15) is 5.52 Å². The lowest BCUT2D eigenvalue weighted by Crippen LogP contribution is -2.29. The number of esters is 1. The number of rotatable bonds is 6. The number of carbonyl (C=O) groups is 2. The van der Waals surface area contributed by atoms with Crippen LogP contribution < -0.4 is 5.32 Å². The van der Waals surface area contributed by atoms with Crippen molar-refractivity contribution in [3.63, 3.8) is 0 Å². The average molecular weight is 286 g/mol. The summed E-state index contributed by atoms with van der Waals surface area (Å²) in [5, 5.41) is 2.40. The lowest BCUT2D eigenvalue weighted by atomic mass is 10.3. The highest BCUT2D eigenvalue weighted by atomic mass is 16.5. The third-order valence-electron chi connectivity index (χ3n) is 2.63. The Labute approximate surface area is 121 Å². The molecule has 0 fully saturated rings. The summed E-state index contributed by atoms with van der Waals surface area (Å²) < 4.78 is 10.3. The molecule has 6 heteroatoms. The summed E-state index contributed by atoms with van der Waals surface area (Å²) in [4.78, 5) is 26.9. The molecule has 1 aromatic carbocycles. The molecule has 1 heterocycles. The van der Waals surface area contributed by atoms with Gasteiger partial charge in [0.05, 0.1) is 13.0 Å². The number of benzene rings is 1. The molecule has 0 bridgehead atoms. The molecule has 0 aliphatic rings. The molecule has 108 valence electrons. The zero-order valence-corrected chi connectivity index (χ0v) is 11.3. The zero-order chi connectivity index (χ0) is 15.1. The van der Waals surface area contributed by atoms with E-state index in [-0.39, 0.29) is 19.6 Å². The van der Waals surface area contributed by atoms with E-state index < -0.39 is 11.9 Å². The number of nitrogens with one attached hydrogen (secondary N) is 1. The van der Waals surface area contributed by atoms with Crippen molar-refractivity contribution in [1.82, 2.24) is 10.3 Å². The van der Waals surface area contributed by atoms with Crippen LogP contribution >= 0.6 is 0 Å². The molecule has 0 saturated heterocycles. The predicted molar refractivity (Wildman–Crippen MR) is 75.1 cm³/mol. The Balaban J connectivity index is 1.76. The third kappa shape index (κ3) is 4.35. The Morgan fingerprint density at radius 3 is 2.95 bits per heavy atom. The average Bonchev–Trinajstić information content (AvgIpc) is 2.91. The fourth-order valence-corrected chi connectivity index (χ4v) is 1.65. The van der Waals surface area contributed by atoms with Crippen molar-refractivity contribution in [2.24, 2.45) is 0 Å². The van der Waals surface area contributed by atoms with Gasteiger partial charge in [0.15, 0.2) is 18.1 Å². The lowest BCUT2D eigenvalue weighted by Gasteiger charge is -2.03. The van der Waals surface area contributed by atoms with Crippen molar-refractivity contribution in [3.05, 3.63) is 30.2 Å². The van der Waals surface area contributed by atoms with Crippen molar-refractivity contribution < 1.29 is 18.7 Å². The number of nitrogens with zero attached hydrogens (tertiary/aromatic N) is 1. The highest BCUT2D eigenvalue weighted by molar-refractivity contribution is 5.80. The van der Waals surface area contributed by atoms with Gasteiger partial charge in [0, 0.05) is 6.42 Å². The molecular formula is C15H14N2O4. The Hall–Kier alpha value is -2.81. The van der Waals surface area contributed by atoms with Gasteiger partial charge in [0.2, 0.25) is 0 Å². The van der Waals surface area contributed by atoms with Gasteiger partial charge >= 0.3 is 5.97 Å². The van der Waals surface area contributed by atoms with E-state index in [1.807, 2.05) is 18.2 Å². The van der Waals surface area contributed by atoms with Crippen LogP contribution in [0, 0.1) is 12.3 Å². The molecule has 0 aliphatic carbocycles. The van der Waals surface area contributed by atoms with Crippen LogP contribution in [0.1, 0.15) is 12.3 Å². The quantitative estimate of drug-likeness (QED) is 0.634. The van der Waals surface area contributed by atoms with Gasteiger partial charge in [-0.25, -0.2) is 4.98 Å². The van der Waals surface area contributed by atoms with E-state index in [1.165, 1.54) is 0 Å². The Morgan fingerprint density at radius 2 is 2.19 bits per heavy atom. The number of fused-ring (bicyclic) bond motifs is 1. The van der Waals surface area contributed by atoms with Crippen molar-refractivity contribution in [3.8, 4) is 12.3 Å². The van der Waals surface area contributed by atoms with E-state index in [9.17, 15) is 9.59 Å². The molecule has 1 N–H and O–H groups in total. The van der Waals surface area contributed by atoms with Crippen molar-refractivity contribution in [1.29, 1.82) is 0 Å². The molecule has 0 saturated carbocycles. The maximum Gasteiger partial charge on any atom is 0.306 e. The molecule has 6 nitrogen and oxygen atoms in total. The molecule has 1 amide bonds. The van der Waals surface area contributed by atoms with Gasteiger partial charge in [0.25, 0.3) is 5.91 Å². The number of hydrogen-bond acceptors (Lipinski definition) is 5. The van der Waals surface area contributed by atoms with E-state index in [0.29, 0.717) is 17.9 Å². The highest BCUT2D eigenvalue weighted by Gasteiger charge is 2.10. The topological polar surface area (TPSA) is 81.4 Å². The molecule has 0 spiro atoms. The molecule has 0 aliphatic heterocycles. The number of aryl methyl sites for hydroxylation is 1. The molecule has 0 atom stereocenters. The highest BCUT2D eigenvalue weighted by Crippen LogP contribution is 2.15. The van der Waals surface area contributed by atoms with Gasteiger partial charge in [-0.3, -0.25) is 9.59 Å². The summed E-state index contributed by atoms with van der Waals surface area (Å²) in [6.45, 7) is -0.229. The fraction of sp³-hybridized carbons (Fsp3) is 0.267. The van der Waals surface area contributed by atoms with Gasteiger partial charge in [-0.2, -0.15) is 0 Å². The maximum atomic E-state index is 11.5. The molecule has 1 aromatic heterocycles. The van der Waals surface area contributed by atoms with Crippen LogP contribution in [-0.2, 0) is 20.7 Å². The summed E-state index contributed by atoms with van der Waals surface area (Å²) in [5.74, 6) is 1.80. The minimum Gasteiger partial charge on any atom is -0.456 e. The first kappa shape index (κ1) is 14.6. The molecular weight excluding hydrogens is 272 g/mol. The lowest BCUT2D eigenvalue weighted by molar-refractivity contribution is -0.148. The van der Waals surface area contributed by atoms with E-state index in [1.54, 1.807) is 6.07 Å². The molecule has 0 unspecified atom stereocenters. The number of amides is 1. The first-order valence-corrected chi connectivity index (χ1v) is 6.39. The number of aromatic nitrogens is 1. The fourth-order valence-electron chi connectivity index (χ4n) is 1.65. The second-order valence-corrected chi connectivity index (χ2v) is 4.22. The Bertz CT molecular complexity index is 651. The van der Waals surface area contributed by atoms with Crippen LogP contribution in [0.25, 0.3) is 11.1 Å². The first-order chi connectivity index (χ1) is 10.2. The SMILES string of the molecule is C#CCNC(=O)COC(=O)CCc1nc2ccccc2o1. The van der Waals surface area contributed by atoms with Crippen LogP contribution in [0.4, 0.5) is 0 Å². The molecule has 2 aromatic rings. The van der Waals surface area contributed by atoms with Gasteiger partial charge in [-0.1, -0.05) is 18.1 Å². The van der Waals surface area contributed by atoms with Crippen molar-refractivity contribution >= 4 is 23.0 Å². The van der Waals surface area contributed by atoms with Crippen molar-refractivity contribution in [2.45, 2.75) is 12.8 Å². The van der Waals surface area contributed by atoms with Crippen LogP contribution in [0.5, 0.6) is 0 Å². The van der Waals surface area contributed by atoms with E-state index in [4.69, 9.17) is 15.6 Å². The number of oxazole rings is 1. The first-order valence-electron chi connectivity index (χ1n) is 6.39. The van der Waals surface area contributed by atoms with E-state index >= 15 is 0 Å². The van der Waals surface area contributed by atoms with E-state index in [2.05, 4.69) is 16.2 Å². The number of carbonyl (C=O) groups excluding carboxylic acids is 2. The number of terminal acetylenes is 1. The Morgan fingerprint density at radius 1 is 1.38 bits per heavy atom. The van der Waals surface area contributed by atoms with Gasteiger partial charge < -0.3 is 14.5 Å². The number of hydrogen-bond donors (Lipinski definition) is 1. The van der Waals surface area contributed by atoms with Gasteiger partial charge in [-0.15, -0.1) is 6.42 Å². The molecule has 0 radical (unpaired) electrons. The summed E-state index contributed by atoms with van der Waals surface area (Å²) in [6.07, 6.45) is 5.40. The smallest absolute Gasteiger partial charge is 0.306 e. The van der Waals surface area contributed by atoms with Crippen LogP contribution in [-0.4, -0.2) is 30.0 Å². The van der Waals surface area contributed by atoms with Crippen molar-refractivity contribution in [2.75, 3.05) is 13.2 Å². The molecule has 21 heavy (non-hydrogen) atoms. The van der Waals surface area contributed by atoms with Gasteiger partial charge in [-0.05, 0) is 12.1 Å². The maximum absolute atomic E-state index is 11.5. The second-order valence-electron chi connectivity index (χ2n) is 4.22. The Kier molecular flexibility index (Phi) is 4.94. The largest absolute Gasteiger partial charge is 0.456 e. The number of ether oxygens (including phenoxy) is 1.